The summed E-state index contributed by atoms with van der Waals surface area (Å²) in [5.41, 5.74) is 0. The topological polar surface area (TPSA) is 124 Å². The molecule has 0 aliphatic heterocycles. The Labute approximate surface area is 97.9 Å². The fourth-order valence-electron chi connectivity index (χ4n) is 0.818. The minimum Gasteiger partial charge on any atom is -0.481 e. The number of carbonyl (C=O) groups is 3. The van der Waals surface area contributed by atoms with Crippen molar-refractivity contribution in [2.24, 2.45) is 0 Å². The van der Waals surface area contributed by atoms with Gasteiger partial charge in [0.15, 0.2) is 0 Å². The van der Waals surface area contributed by atoms with Gasteiger partial charge in [0, 0.05) is 6.42 Å². The number of aliphatic carboxylic acids is 2. The Morgan fingerprint density at radius 3 is 2.06 bits per heavy atom. The molecule has 94 valence electrons. The van der Waals surface area contributed by atoms with E-state index in [4.69, 9.17) is 15.3 Å². The molecule has 7 nitrogen and oxygen atoms in total. The Bertz CT molecular complexity index is 267. The van der Waals surface area contributed by atoms with Crippen LogP contribution in [0.5, 0.6) is 0 Å². The lowest BCUT2D eigenvalue weighted by Gasteiger charge is -2.14. The predicted octanol–water partition coefficient (Wildman–Crippen LogP) is -0.777. The molecule has 0 aromatic heterocycles. The monoisotopic (exact) mass is 255 g/mol. The first-order chi connectivity index (χ1) is 6.84. The van der Waals surface area contributed by atoms with E-state index >= 15 is 0 Å². The van der Waals surface area contributed by atoms with Gasteiger partial charge in [-0.25, -0.2) is 4.79 Å². The summed E-state index contributed by atoms with van der Waals surface area (Å²) in [4.78, 5) is 31.7. The molecular formula is C8H14ClNO6. The molecule has 4 N–H and O–H groups in total. The van der Waals surface area contributed by atoms with Crippen LogP contribution in [0.4, 0.5) is 0 Å². The SMILES string of the molecule is CC(O)C(=O)NC(CCC(=O)O)C(=O)O.Cl. The third-order valence-corrected chi connectivity index (χ3v) is 1.64. The molecule has 0 heterocycles. The molecule has 2 atom stereocenters. The zero-order valence-corrected chi connectivity index (χ0v) is 9.36. The Balaban J connectivity index is 0. The van der Waals surface area contributed by atoms with Gasteiger partial charge in [-0.15, -0.1) is 12.4 Å². The second kappa shape index (κ2) is 7.89. The first kappa shape index (κ1) is 17.1. The van der Waals surface area contributed by atoms with Crippen LogP contribution in [-0.2, 0) is 14.4 Å². The van der Waals surface area contributed by atoms with Crippen molar-refractivity contribution in [3.63, 3.8) is 0 Å². The molecule has 0 saturated heterocycles. The quantitative estimate of drug-likeness (QED) is 0.494. The standard InChI is InChI=1S/C8H13NO6.ClH/c1-4(10)7(13)9-5(8(14)15)2-3-6(11)12;/h4-5,10H,2-3H2,1H3,(H,9,13)(H,11,12)(H,14,15);1H. The molecule has 0 aromatic rings. The van der Waals surface area contributed by atoms with Crippen molar-refractivity contribution in [3.05, 3.63) is 0 Å². The summed E-state index contributed by atoms with van der Waals surface area (Å²) in [6.07, 6.45) is -1.91. The zero-order chi connectivity index (χ0) is 12.0. The second-order valence-corrected chi connectivity index (χ2v) is 3.01. The lowest BCUT2D eigenvalue weighted by molar-refractivity contribution is -0.144. The van der Waals surface area contributed by atoms with Gasteiger partial charge in [0.2, 0.25) is 5.91 Å². The van der Waals surface area contributed by atoms with Crippen molar-refractivity contribution in [1.82, 2.24) is 5.32 Å². The van der Waals surface area contributed by atoms with Crippen LogP contribution >= 0.6 is 12.4 Å². The van der Waals surface area contributed by atoms with E-state index in [1.54, 1.807) is 0 Å². The molecule has 0 aromatic carbocycles. The number of hydrogen-bond acceptors (Lipinski definition) is 4. The number of aliphatic hydroxyl groups is 1. The fraction of sp³-hybridized carbons (Fsp3) is 0.625. The number of amides is 1. The molecule has 0 aliphatic rings. The van der Waals surface area contributed by atoms with Crippen molar-refractivity contribution < 1.29 is 29.7 Å². The summed E-state index contributed by atoms with van der Waals surface area (Å²) >= 11 is 0. The van der Waals surface area contributed by atoms with E-state index in [1.807, 2.05) is 5.32 Å². The first-order valence-electron chi connectivity index (χ1n) is 4.27. The zero-order valence-electron chi connectivity index (χ0n) is 8.54. The molecule has 0 radical (unpaired) electrons. The van der Waals surface area contributed by atoms with Crippen molar-refractivity contribution in [3.8, 4) is 0 Å². The highest BCUT2D eigenvalue weighted by molar-refractivity contribution is 5.86. The lowest BCUT2D eigenvalue weighted by atomic mass is 10.1. The Morgan fingerprint density at radius 2 is 1.75 bits per heavy atom. The maximum absolute atomic E-state index is 10.9. The average Bonchev–Trinajstić information content (AvgIpc) is 2.10. The number of nitrogens with one attached hydrogen (secondary N) is 1. The van der Waals surface area contributed by atoms with Gasteiger partial charge in [0.1, 0.15) is 12.1 Å². The minimum atomic E-state index is -1.33. The molecule has 8 heteroatoms. The number of aliphatic hydroxyl groups excluding tert-OH is 1. The predicted molar refractivity (Wildman–Crippen MR) is 55.4 cm³/mol. The summed E-state index contributed by atoms with van der Waals surface area (Å²) in [5.74, 6) is -3.31. The molecule has 1 amide bonds. The molecule has 16 heavy (non-hydrogen) atoms. The maximum Gasteiger partial charge on any atom is 0.326 e. The average molecular weight is 256 g/mol. The second-order valence-electron chi connectivity index (χ2n) is 3.01. The van der Waals surface area contributed by atoms with Gasteiger partial charge >= 0.3 is 11.9 Å². The minimum absolute atomic E-state index is 0. The van der Waals surface area contributed by atoms with Crippen LogP contribution in [0.2, 0.25) is 0 Å². The van der Waals surface area contributed by atoms with Gasteiger partial charge in [-0.05, 0) is 13.3 Å². The van der Waals surface area contributed by atoms with Crippen LogP contribution in [0.25, 0.3) is 0 Å². The van der Waals surface area contributed by atoms with E-state index in [1.165, 1.54) is 6.92 Å². The van der Waals surface area contributed by atoms with Crippen LogP contribution in [0, 0.1) is 0 Å². The number of rotatable bonds is 6. The van der Waals surface area contributed by atoms with Crippen LogP contribution < -0.4 is 5.32 Å². The van der Waals surface area contributed by atoms with E-state index in [0.717, 1.165) is 0 Å². The number of carboxylic acid groups (broad SMARTS) is 2. The number of hydrogen-bond donors (Lipinski definition) is 4. The van der Waals surface area contributed by atoms with Gasteiger partial charge in [-0.2, -0.15) is 0 Å². The van der Waals surface area contributed by atoms with E-state index in [9.17, 15) is 14.4 Å². The Hall–Kier alpha value is -1.34. The maximum atomic E-state index is 10.9. The van der Waals surface area contributed by atoms with Gasteiger partial charge in [-0.3, -0.25) is 9.59 Å². The highest BCUT2D eigenvalue weighted by Crippen LogP contribution is 1.98. The third kappa shape index (κ3) is 7.02. The van der Waals surface area contributed by atoms with E-state index < -0.39 is 30.0 Å². The molecule has 0 saturated carbocycles. The molecule has 0 bridgehead atoms. The van der Waals surface area contributed by atoms with Crippen molar-refractivity contribution >= 4 is 30.3 Å². The van der Waals surface area contributed by atoms with Gasteiger partial charge in [-0.1, -0.05) is 0 Å². The molecule has 0 rings (SSSR count). The Kier molecular flexibility index (Phi) is 8.41. The van der Waals surface area contributed by atoms with Crippen LogP contribution in [0.1, 0.15) is 19.8 Å². The molecular weight excluding hydrogens is 242 g/mol. The highest BCUT2D eigenvalue weighted by Gasteiger charge is 2.22. The number of carboxylic acids is 2. The van der Waals surface area contributed by atoms with Crippen molar-refractivity contribution in [1.29, 1.82) is 0 Å². The first-order valence-corrected chi connectivity index (χ1v) is 4.27. The van der Waals surface area contributed by atoms with Crippen LogP contribution in [0.3, 0.4) is 0 Å². The van der Waals surface area contributed by atoms with Crippen molar-refractivity contribution in [2.75, 3.05) is 0 Å². The molecule has 0 spiro atoms. The summed E-state index contributed by atoms with van der Waals surface area (Å²) in [7, 11) is 0. The van der Waals surface area contributed by atoms with Gasteiger partial charge < -0.3 is 20.6 Å². The largest absolute Gasteiger partial charge is 0.481 e. The number of halogens is 1. The molecule has 0 fully saturated rings. The van der Waals surface area contributed by atoms with Gasteiger partial charge in [0.05, 0.1) is 0 Å². The van der Waals surface area contributed by atoms with Crippen LogP contribution in [0.15, 0.2) is 0 Å². The highest BCUT2D eigenvalue weighted by atomic mass is 35.5. The summed E-state index contributed by atoms with van der Waals surface area (Å²) in [6.45, 7) is 1.19. The normalized spacial score (nSPS) is 13.1. The lowest BCUT2D eigenvalue weighted by Crippen LogP contribution is -2.44. The van der Waals surface area contributed by atoms with Crippen molar-refractivity contribution in [2.45, 2.75) is 31.9 Å². The molecule has 2 unspecified atom stereocenters. The Morgan fingerprint density at radius 1 is 1.25 bits per heavy atom. The van der Waals surface area contributed by atoms with Gasteiger partial charge in [0.25, 0.3) is 0 Å². The van der Waals surface area contributed by atoms with E-state index in [2.05, 4.69) is 0 Å². The summed E-state index contributed by atoms with van der Waals surface area (Å²) in [6, 6.07) is -1.29. The number of carbonyl (C=O) groups excluding carboxylic acids is 1. The smallest absolute Gasteiger partial charge is 0.326 e. The molecule has 0 aliphatic carbocycles. The third-order valence-electron chi connectivity index (χ3n) is 1.64. The summed E-state index contributed by atoms with van der Waals surface area (Å²) in [5, 5.41) is 27.8. The fourth-order valence-corrected chi connectivity index (χ4v) is 0.818. The van der Waals surface area contributed by atoms with E-state index in [0.29, 0.717) is 0 Å². The van der Waals surface area contributed by atoms with E-state index in [-0.39, 0.29) is 25.2 Å². The summed E-state index contributed by atoms with van der Waals surface area (Å²) < 4.78 is 0. The van der Waals surface area contributed by atoms with Crippen LogP contribution in [-0.4, -0.2) is 45.3 Å².